The summed E-state index contributed by atoms with van der Waals surface area (Å²) in [5.74, 6) is -1.14. The zero-order chi connectivity index (χ0) is 15.1. The van der Waals surface area contributed by atoms with E-state index >= 15 is 0 Å². The van der Waals surface area contributed by atoms with Gasteiger partial charge in [-0.1, -0.05) is 42.5 Å². The first-order valence-electron chi connectivity index (χ1n) is 6.64. The molecule has 2 aromatic rings. The van der Waals surface area contributed by atoms with Crippen LogP contribution in [-0.2, 0) is 16.2 Å². The Bertz CT molecular complexity index is 590. The standard InChI is InChI=1S/C17H16O4/c18-11-10-16(17(19)20)14-6-8-15(9-7-14)21-12-13-4-2-1-3-5-13/h1-9,11,16H,10,12H2,(H,19,20). The minimum atomic E-state index is -1.000. The van der Waals surface area contributed by atoms with Crippen LogP contribution >= 0.6 is 0 Å². The molecule has 0 heterocycles. The van der Waals surface area contributed by atoms with Crippen molar-refractivity contribution in [1.82, 2.24) is 0 Å². The summed E-state index contributed by atoms with van der Waals surface area (Å²) in [7, 11) is 0. The van der Waals surface area contributed by atoms with Crippen LogP contribution in [0.3, 0.4) is 0 Å². The number of carboxylic acids is 1. The molecule has 108 valence electrons. The van der Waals surface area contributed by atoms with Crippen LogP contribution in [-0.4, -0.2) is 17.4 Å². The normalized spacial score (nSPS) is 11.6. The van der Waals surface area contributed by atoms with E-state index in [1.165, 1.54) is 0 Å². The maximum atomic E-state index is 11.1. The molecule has 1 unspecified atom stereocenters. The lowest BCUT2D eigenvalue weighted by atomic mass is 9.96. The highest BCUT2D eigenvalue weighted by Gasteiger charge is 2.19. The van der Waals surface area contributed by atoms with Crippen LogP contribution in [0.4, 0.5) is 0 Å². The zero-order valence-corrected chi connectivity index (χ0v) is 11.4. The Labute approximate surface area is 123 Å². The average Bonchev–Trinajstić information content (AvgIpc) is 2.52. The van der Waals surface area contributed by atoms with Crippen molar-refractivity contribution in [1.29, 1.82) is 0 Å². The highest BCUT2D eigenvalue weighted by atomic mass is 16.5. The molecule has 2 aromatic carbocycles. The Hall–Kier alpha value is -2.62. The molecular weight excluding hydrogens is 268 g/mol. The Morgan fingerprint density at radius 1 is 1.10 bits per heavy atom. The molecular formula is C17H16O4. The van der Waals surface area contributed by atoms with Gasteiger partial charge in [0.2, 0.25) is 0 Å². The molecule has 1 atom stereocenters. The van der Waals surface area contributed by atoms with Gasteiger partial charge in [-0.2, -0.15) is 0 Å². The third kappa shape index (κ3) is 4.18. The number of carbonyl (C=O) groups is 2. The largest absolute Gasteiger partial charge is 0.489 e. The number of rotatable bonds is 7. The molecule has 1 N–H and O–H groups in total. The number of hydrogen-bond acceptors (Lipinski definition) is 3. The van der Waals surface area contributed by atoms with Crippen LogP contribution in [0.15, 0.2) is 54.6 Å². The molecule has 2 rings (SSSR count). The Kier molecular flexibility index (Phi) is 5.10. The quantitative estimate of drug-likeness (QED) is 0.794. The topological polar surface area (TPSA) is 63.6 Å². The lowest BCUT2D eigenvalue weighted by Gasteiger charge is -2.11. The number of ether oxygens (including phenoxy) is 1. The molecule has 0 amide bonds. The van der Waals surface area contributed by atoms with E-state index in [1.54, 1.807) is 24.3 Å². The van der Waals surface area contributed by atoms with Gasteiger partial charge in [-0.3, -0.25) is 4.79 Å². The fourth-order valence-electron chi connectivity index (χ4n) is 2.01. The number of hydrogen-bond donors (Lipinski definition) is 1. The lowest BCUT2D eigenvalue weighted by molar-refractivity contribution is -0.139. The van der Waals surface area contributed by atoms with E-state index in [0.29, 0.717) is 24.2 Å². The smallest absolute Gasteiger partial charge is 0.311 e. The van der Waals surface area contributed by atoms with Crippen LogP contribution < -0.4 is 4.74 Å². The number of aliphatic carboxylic acids is 1. The van der Waals surface area contributed by atoms with Crippen molar-refractivity contribution in [3.05, 3.63) is 65.7 Å². The van der Waals surface area contributed by atoms with Gasteiger partial charge in [0.1, 0.15) is 18.6 Å². The zero-order valence-electron chi connectivity index (χ0n) is 11.4. The van der Waals surface area contributed by atoms with Crippen molar-refractivity contribution < 1.29 is 19.4 Å². The molecule has 0 aliphatic carbocycles. The lowest BCUT2D eigenvalue weighted by Crippen LogP contribution is -2.12. The number of aldehydes is 1. The Morgan fingerprint density at radius 2 is 1.76 bits per heavy atom. The molecule has 4 nitrogen and oxygen atoms in total. The number of carboxylic acid groups (broad SMARTS) is 1. The summed E-state index contributed by atoms with van der Waals surface area (Å²) >= 11 is 0. The fraction of sp³-hybridized carbons (Fsp3) is 0.176. The molecule has 0 aromatic heterocycles. The second-order valence-electron chi connectivity index (χ2n) is 4.64. The van der Waals surface area contributed by atoms with Gasteiger partial charge in [-0.05, 0) is 23.3 Å². The van der Waals surface area contributed by atoms with Crippen LogP contribution in [0.2, 0.25) is 0 Å². The Morgan fingerprint density at radius 3 is 2.33 bits per heavy atom. The minimum absolute atomic E-state index is 0.0282. The maximum absolute atomic E-state index is 11.1. The summed E-state index contributed by atoms with van der Waals surface area (Å²) in [4.78, 5) is 21.6. The monoisotopic (exact) mass is 284 g/mol. The second kappa shape index (κ2) is 7.24. The van der Waals surface area contributed by atoms with Gasteiger partial charge in [0, 0.05) is 6.42 Å². The van der Waals surface area contributed by atoms with Gasteiger partial charge in [-0.25, -0.2) is 0 Å². The highest BCUT2D eigenvalue weighted by molar-refractivity contribution is 5.79. The summed E-state index contributed by atoms with van der Waals surface area (Å²) < 4.78 is 5.63. The SMILES string of the molecule is O=CCC(C(=O)O)c1ccc(OCc2ccccc2)cc1. The van der Waals surface area contributed by atoms with Crippen LogP contribution in [0.1, 0.15) is 23.5 Å². The first-order valence-corrected chi connectivity index (χ1v) is 6.64. The molecule has 0 saturated carbocycles. The van der Waals surface area contributed by atoms with E-state index in [1.807, 2.05) is 30.3 Å². The first-order chi connectivity index (χ1) is 10.2. The second-order valence-corrected chi connectivity index (χ2v) is 4.64. The molecule has 0 saturated heterocycles. The molecule has 4 heteroatoms. The summed E-state index contributed by atoms with van der Waals surface area (Å²) in [6.07, 6.45) is 0.595. The van der Waals surface area contributed by atoms with E-state index in [-0.39, 0.29) is 6.42 Å². The molecule has 0 spiro atoms. The predicted molar refractivity (Wildman–Crippen MR) is 78.3 cm³/mol. The summed E-state index contributed by atoms with van der Waals surface area (Å²) in [6, 6.07) is 16.6. The Balaban J connectivity index is 2.01. The van der Waals surface area contributed by atoms with Crippen molar-refractivity contribution in [3.63, 3.8) is 0 Å². The van der Waals surface area contributed by atoms with Crippen LogP contribution in [0, 0.1) is 0 Å². The van der Waals surface area contributed by atoms with E-state index in [2.05, 4.69) is 0 Å². The van der Waals surface area contributed by atoms with Crippen molar-refractivity contribution in [2.24, 2.45) is 0 Å². The third-order valence-electron chi connectivity index (χ3n) is 3.16. The van der Waals surface area contributed by atoms with E-state index < -0.39 is 11.9 Å². The van der Waals surface area contributed by atoms with Gasteiger partial charge >= 0.3 is 5.97 Å². The number of carbonyl (C=O) groups excluding carboxylic acids is 1. The van der Waals surface area contributed by atoms with Crippen molar-refractivity contribution in [2.75, 3.05) is 0 Å². The maximum Gasteiger partial charge on any atom is 0.311 e. The van der Waals surface area contributed by atoms with Gasteiger partial charge in [0.25, 0.3) is 0 Å². The molecule has 0 aliphatic rings. The van der Waals surface area contributed by atoms with Crippen molar-refractivity contribution >= 4 is 12.3 Å². The van der Waals surface area contributed by atoms with E-state index in [9.17, 15) is 9.59 Å². The van der Waals surface area contributed by atoms with Crippen molar-refractivity contribution in [3.8, 4) is 5.75 Å². The molecule has 0 aliphatic heterocycles. The molecule has 0 fully saturated rings. The predicted octanol–water partition coefficient (Wildman–Crippen LogP) is 3.02. The van der Waals surface area contributed by atoms with E-state index in [4.69, 9.17) is 9.84 Å². The van der Waals surface area contributed by atoms with Crippen LogP contribution in [0.25, 0.3) is 0 Å². The highest BCUT2D eigenvalue weighted by Crippen LogP contribution is 2.22. The van der Waals surface area contributed by atoms with Gasteiger partial charge in [-0.15, -0.1) is 0 Å². The van der Waals surface area contributed by atoms with Crippen LogP contribution in [0.5, 0.6) is 5.75 Å². The molecule has 0 bridgehead atoms. The summed E-state index contributed by atoms with van der Waals surface area (Å²) in [5, 5.41) is 9.09. The fourth-order valence-corrected chi connectivity index (χ4v) is 2.01. The average molecular weight is 284 g/mol. The van der Waals surface area contributed by atoms with Crippen molar-refractivity contribution in [2.45, 2.75) is 18.9 Å². The van der Waals surface area contributed by atoms with Gasteiger partial charge in [0.05, 0.1) is 5.92 Å². The summed E-state index contributed by atoms with van der Waals surface area (Å²) in [6.45, 7) is 0.455. The van der Waals surface area contributed by atoms with E-state index in [0.717, 1.165) is 5.56 Å². The van der Waals surface area contributed by atoms with Gasteiger partial charge < -0.3 is 14.6 Å². The van der Waals surface area contributed by atoms with Gasteiger partial charge in [0.15, 0.2) is 0 Å². The third-order valence-corrected chi connectivity index (χ3v) is 3.16. The first kappa shape index (κ1) is 14.8. The molecule has 21 heavy (non-hydrogen) atoms. The molecule has 0 radical (unpaired) electrons. The summed E-state index contributed by atoms with van der Waals surface area (Å²) in [5.41, 5.74) is 1.66. The number of benzene rings is 2. The minimum Gasteiger partial charge on any atom is -0.489 e.